The molecule has 0 bridgehead atoms. The Morgan fingerprint density at radius 1 is 0.661 bits per heavy atom. The van der Waals surface area contributed by atoms with Gasteiger partial charge in [0.25, 0.3) is 0 Å². The van der Waals surface area contributed by atoms with Crippen LogP contribution in [0.1, 0.15) is 11.1 Å². The number of nitrogens with zero attached hydrogens (tertiary/aromatic N) is 4. The number of amides is 4. The molecule has 23 heteroatoms. The van der Waals surface area contributed by atoms with Gasteiger partial charge < -0.3 is 24.6 Å². The summed E-state index contributed by atoms with van der Waals surface area (Å²) in [6.45, 7) is -6.42. The van der Waals surface area contributed by atoms with Gasteiger partial charge in [0, 0.05) is 44.8 Å². The fourth-order valence-electron chi connectivity index (χ4n) is 5.02. The van der Waals surface area contributed by atoms with Gasteiger partial charge in [-0.1, -0.05) is 0 Å². The Labute approximate surface area is 312 Å². The molecule has 0 aliphatic rings. The first-order valence-corrected chi connectivity index (χ1v) is 17.1. The second kappa shape index (κ2) is 18.5. The van der Waals surface area contributed by atoms with Crippen molar-refractivity contribution in [2.45, 2.75) is 38.1 Å². The number of pyridine rings is 2. The zero-order chi connectivity index (χ0) is 41.3. The summed E-state index contributed by atoms with van der Waals surface area (Å²) in [7, 11) is -2.87. The van der Waals surface area contributed by atoms with Crippen LogP contribution in [0.25, 0.3) is 0 Å². The maximum absolute atomic E-state index is 14.0. The van der Waals surface area contributed by atoms with Crippen molar-refractivity contribution in [1.82, 2.24) is 24.7 Å². The average Bonchev–Trinajstić information content (AvgIpc) is 3.08. The lowest BCUT2D eigenvalue weighted by atomic mass is 10.0. The third-order valence-corrected chi connectivity index (χ3v) is 8.50. The fourth-order valence-corrected chi connectivity index (χ4v) is 5.94. The van der Waals surface area contributed by atoms with Crippen LogP contribution in [-0.2, 0) is 32.6 Å². The highest BCUT2D eigenvalue weighted by Gasteiger charge is 2.32. The van der Waals surface area contributed by atoms with Crippen molar-refractivity contribution in [3.05, 3.63) is 107 Å². The zero-order valence-corrected chi connectivity index (χ0v) is 29.5. The number of benzene rings is 2. The number of alkyl halides is 4. The number of anilines is 2. The molecule has 0 aliphatic heterocycles. The van der Waals surface area contributed by atoms with E-state index in [1.165, 1.54) is 4.72 Å². The quantitative estimate of drug-likeness (QED) is 0.140. The van der Waals surface area contributed by atoms with E-state index in [1.54, 1.807) is 0 Å². The van der Waals surface area contributed by atoms with E-state index in [-0.39, 0.29) is 22.5 Å². The van der Waals surface area contributed by atoms with Crippen LogP contribution in [0.15, 0.2) is 73.1 Å². The summed E-state index contributed by atoms with van der Waals surface area (Å²) in [4.78, 5) is 49.2. The first-order chi connectivity index (χ1) is 26.3. The van der Waals surface area contributed by atoms with E-state index in [4.69, 9.17) is 0 Å². The van der Waals surface area contributed by atoms with Gasteiger partial charge in [0.1, 0.15) is 35.4 Å². The van der Waals surface area contributed by atoms with Gasteiger partial charge in [0.05, 0.1) is 23.8 Å². The number of carbonyl (C=O) groups excluding carboxylic acids is 3. The lowest BCUT2D eigenvalue weighted by Gasteiger charge is -2.26. The SMILES string of the molecule is CN(C(=O)[C@H](Cc1cc(F)cc(F)c1)NC(=O)NS(=O)(=O)N[C@@H](Cc1cc(F)cc(F)c1)C(=O)N(C)c1ccc(OC(F)F)nc1)c1ccc(OC(F)F)nc1. The predicted molar refractivity (Wildman–Crippen MR) is 180 cm³/mol. The molecule has 0 radical (unpaired) electrons. The van der Waals surface area contributed by atoms with E-state index >= 15 is 0 Å². The number of halogens is 8. The molecule has 2 atom stereocenters. The van der Waals surface area contributed by atoms with Crippen molar-refractivity contribution in [2.24, 2.45) is 0 Å². The molecule has 4 aromatic rings. The van der Waals surface area contributed by atoms with Gasteiger partial charge in [0.15, 0.2) is 0 Å². The van der Waals surface area contributed by atoms with Crippen molar-refractivity contribution in [3.63, 3.8) is 0 Å². The number of nitrogens with one attached hydrogen (secondary N) is 3. The summed E-state index contributed by atoms with van der Waals surface area (Å²) < 4.78 is 145. The highest BCUT2D eigenvalue weighted by atomic mass is 32.2. The molecule has 2 heterocycles. The van der Waals surface area contributed by atoms with E-state index in [0.29, 0.717) is 12.1 Å². The first kappa shape index (κ1) is 42.6. The number of carbonyl (C=O) groups is 3. The molecule has 2 aromatic heterocycles. The van der Waals surface area contributed by atoms with Gasteiger partial charge in [0.2, 0.25) is 23.6 Å². The van der Waals surface area contributed by atoms with E-state index in [9.17, 15) is 57.9 Å². The molecule has 0 aliphatic carbocycles. The average molecular weight is 820 g/mol. The number of hydrogen-bond donors (Lipinski definition) is 3. The van der Waals surface area contributed by atoms with Gasteiger partial charge in [-0.2, -0.15) is 30.7 Å². The Balaban J connectivity index is 1.58. The molecular formula is C33H29F8N7O7S. The molecule has 4 amide bonds. The van der Waals surface area contributed by atoms with Crippen molar-refractivity contribution >= 4 is 39.4 Å². The van der Waals surface area contributed by atoms with E-state index in [2.05, 4.69) is 24.8 Å². The maximum atomic E-state index is 14.0. The second-order valence-electron chi connectivity index (χ2n) is 11.5. The molecule has 0 spiro atoms. The normalized spacial score (nSPS) is 12.5. The van der Waals surface area contributed by atoms with Crippen LogP contribution in [-0.4, -0.2) is 75.6 Å². The third-order valence-electron chi connectivity index (χ3n) is 7.45. The van der Waals surface area contributed by atoms with Crippen LogP contribution < -0.4 is 34.0 Å². The Morgan fingerprint density at radius 2 is 1.05 bits per heavy atom. The molecule has 0 saturated heterocycles. The van der Waals surface area contributed by atoms with Crippen LogP contribution >= 0.6 is 0 Å². The van der Waals surface area contributed by atoms with E-state index < -0.39 is 101 Å². The van der Waals surface area contributed by atoms with Crippen molar-refractivity contribution in [1.29, 1.82) is 0 Å². The number of rotatable bonds is 16. The van der Waals surface area contributed by atoms with Gasteiger partial charge in [-0.05, 0) is 53.9 Å². The highest BCUT2D eigenvalue weighted by Crippen LogP contribution is 2.21. The van der Waals surface area contributed by atoms with Gasteiger partial charge in [-0.3, -0.25) is 9.59 Å². The Hall–Kier alpha value is -6.10. The third kappa shape index (κ3) is 12.5. The minimum absolute atomic E-state index is 0.0471. The van der Waals surface area contributed by atoms with Crippen LogP contribution in [0.4, 0.5) is 51.3 Å². The van der Waals surface area contributed by atoms with Crippen LogP contribution in [0, 0.1) is 23.3 Å². The summed E-state index contributed by atoms with van der Waals surface area (Å²) in [5.74, 6) is -7.43. The number of hydrogen-bond acceptors (Lipinski definition) is 9. The maximum Gasteiger partial charge on any atom is 0.388 e. The van der Waals surface area contributed by atoms with Gasteiger partial charge in [-0.25, -0.2) is 37.0 Å². The second-order valence-corrected chi connectivity index (χ2v) is 13.0. The summed E-state index contributed by atoms with van der Waals surface area (Å²) in [6.07, 6.45) is 0.524. The van der Waals surface area contributed by atoms with Crippen molar-refractivity contribution in [3.8, 4) is 11.8 Å². The minimum atomic E-state index is -5.14. The number of likely N-dealkylation sites (N-methyl/N-ethyl adjacent to an activating group) is 2. The fraction of sp³-hybridized carbons (Fsp3) is 0.242. The molecule has 14 nitrogen and oxygen atoms in total. The van der Waals surface area contributed by atoms with Gasteiger partial charge >= 0.3 is 29.5 Å². The Bertz CT molecular complexity index is 2100. The molecule has 0 fully saturated rings. The number of urea groups is 1. The molecule has 3 N–H and O–H groups in total. The Kier molecular flexibility index (Phi) is 14.1. The molecule has 0 saturated carbocycles. The van der Waals surface area contributed by atoms with Crippen LogP contribution in [0.2, 0.25) is 0 Å². The molecule has 2 aromatic carbocycles. The lowest BCUT2D eigenvalue weighted by Crippen LogP contribution is -2.57. The van der Waals surface area contributed by atoms with Crippen molar-refractivity contribution in [2.75, 3.05) is 23.9 Å². The van der Waals surface area contributed by atoms with Crippen LogP contribution in [0.5, 0.6) is 11.8 Å². The smallest absolute Gasteiger partial charge is 0.388 e. The summed E-state index contributed by atoms with van der Waals surface area (Å²) in [6, 6.07) is 3.18. The molecule has 56 heavy (non-hydrogen) atoms. The standard InChI is InChI=1S/C33H29F8N7O7S/c1-47(23-3-5-27(42-15-23)54-31(38)39)29(49)25(11-17-7-19(34)13-20(35)8-17)44-33(51)46-56(52,53)45-26(12-18-9-21(36)14-22(37)10-18)30(50)48(2)24-4-6-28(43-16-24)55-32(40)41/h3-10,13-16,25-26,31-32,45H,11-12H2,1-2H3,(H2,44,46,51)/t25-,26-/m0/s1. The number of ether oxygens (including phenoxy) is 2. The van der Waals surface area contributed by atoms with E-state index in [0.717, 1.165) is 84.8 Å². The first-order valence-electron chi connectivity index (χ1n) is 15.7. The number of aromatic nitrogens is 2. The molecule has 300 valence electrons. The van der Waals surface area contributed by atoms with Crippen LogP contribution in [0.3, 0.4) is 0 Å². The molecular weight excluding hydrogens is 790 g/mol. The largest absolute Gasteiger partial charge is 0.417 e. The van der Waals surface area contributed by atoms with E-state index in [1.807, 2.05) is 4.72 Å². The highest BCUT2D eigenvalue weighted by molar-refractivity contribution is 7.88. The van der Waals surface area contributed by atoms with Gasteiger partial charge in [-0.15, -0.1) is 0 Å². The summed E-state index contributed by atoms with van der Waals surface area (Å²) in [5, 5.41) is 2.07. The minimum Gasteiger partial charge on any atom is -0.417 e. The monoisotopic (exact) mass is 819 g/mol. The van der Waals surface area contributed by atoms with Crippen molar-refractivity contribution < 1.29 is 67.4 Å². The Morgan fingerprint density at radius 3 is 1.43 bits per heavy atom. The lowest BCUT2D eigenvalue weighted by molar-refractivity contribution is -0.120. The predicted octanol–water partition coefficient (Wildman–Crippen LogP) is 4.22. The zero-order valence-electron chi connectivity index (χ0n) is 28.7. The topological polar surface area (TPSA) is 172 Å². The molecule has 0 unspecified atom stereocenters. The molecule has 4 rings (SSSR count). The summed E-state index contributed by atoms with van der Waals surface area (Å²) >= 11 is 0. The summed E-state index contributed by atoms with van der Waals surface area (Å²) in [5.41, 5.74) is -0.523.